The molecule has 0 bridgehead atoms. The fourth-order valence-electron chi connectivity index (χ4n) is 2.98. The molecule has 4 nitrogen and oxygen atoms in total. The molecule has 1 saturated carbocycles. The van der Waals surface area contributed by atoms with Crippen LogP contribution in [0.3, 0.4) is 0 Å². The summed E-state index contributed by atoms with van der Waals surface area (Å²) in [6, 6.07) is 12.6. The second kappa shape index (κ2) is 5.75. The lowest BCUT2D eigenvalue weighted by Crippen LogP contribution is -2.39. The summed E-state index contributed by atoms with van der Waals surface area (Å²) in [5, 5.41) is 11.3. The summed E-state index contributed by atoms with van der Waals surface area (Å²) in [4.78, 5) is 0.306. The number of nitrogens with one attached hydrogen (secondary N) is 1. The monoisotopic (exact) mass is 305 g/mol. The molecular weight excluding hydrogens is 286 g/mol. The summed E-state index contributed by atoms with van der Waals surface area (Å²) in [5.41, 5.74) is 0. The van der Waals surface area contributed by atoms with Gasteiger partial charge in [-0.3, -0.25) is 0 Å². The number of benzene rings is 2. The van der Waals surface area contributed by atoms with Gasteiger partial charge in [0.2, 0.25) is 10.0 Å². The second-order valence-corrected chi connectivity index (χ2v) is 7.30. The number of hydrogen-bond acceptors (Lipinski definition) is 3. The molecule has 2 unspecified atom stereocenters. The molecule has 21 heavy (non-hydrogen) atoms. The van der Waals surface area contributed by atoms with Crippen LogP contribution < -0.4 is 4.72 Å². The molecule has 0 heterocycles. The SMILES string of the molecule is O=S(=O)(NC1CCCC(O)C1)c1cccc2ccccc12. The van der Waals surface area contributed by atoms with E-state index < -0.39 is 16.1 Å². The molecule has 3 rings (SSSR count). The van der Waals surface area contributed by atoms with Crippen molar-refractivity contribution in [2.45, 2.75) is 42.7 Å². The second-order valence-electron chi connectivity index (χ2n) is 5.62. The number of rotatable bonds is 3. The van der Waals surface area contributed by atoms with Crippen molar-refractivity contribution >= 4 is 20.8 Å². The molecule has 2 aromatic rings. The van der Waals surface area contributed by atoms with E-state index in [1.54, 1.807) is 12.1 Å². The van der Waals surface area contributed by atoms with Gasteiger partial charge < -0.3 is 5.11 Å². The molecule has 2 aromatic carbocycles. The number of hydrogen-bond donors (Lipinski definition) is 2. The van der Waals surface area contributed by atoms with Gasteiger partial charge in [-0.2, -0.15) is 0 Å². The number of aliphatic hydroxyl groups is 1. The third kappa shape index (κ3) is 3.10. The van der Waals surface area contributed by atoms with Gasteiger partial charge in [-0.15, -0.1) is 0 Å². The van der Waals surface area contributed by atoms with Gasteiger partial charge >= 0.3 is 0 Å². The summed E-state index contributed by atoms with van der Waals surface area (Å²) in [5.74, 6) is 0. The average molecular weight is 305 g/mol. The van der Waals surface area contributed by atoms with Crippen molar-refractivity contribution in [3.8, 4) is 0 Å². The van der Waals surface area contributed by atoms with E-state index in [9.17, 15) is 13.5 Å². The lowest BCUT2D eigenvalue weighted by molar-refractivity contribution is 0.117. The standard InChI is InChI=1S/C16H19NO3S/c18-14-8-4-7-13(11-14)17-21(19,20)16-10-3-6-12-5-1-2-9-15(12)16/h1-3,5-6,9-10,13-14,17-18H,4,7-8,11H2. The van der Waals surface area contributed by atoms with Crippen LogP contribution in [0.4, 0.5) is 0 Å². The van der Waals surface area contributed by atoms with Gasteiger partial charge in [0.25, 0.3) is 0 Å². The highest BCUT2D eigenvalue weighted by molar-refractivity contribution is 7.89. The Morgan fingerprint density at radius 2 is 1.81 bits per heavy atom. The van der Waals surface area contributed by atoms with Crippen molar-refractivity contribution < 1.29 is 13.5 Å². The fraction of sp³-hybridized carbons (Fsp3) is 0.375. The van der Waals surface area contributed by atoms with Crippen LogP contribution in [-0.2, 0) is 10.0 Å². The van der Waals surface area contributed by atoms with E-state index in [-0.39, 0.29) is 6.04 Å². The van der Waals surface area contributed by atoms with E-state index >= 15 is 0 Å². The van der Waals surface area contributed by atoms with E-state index in [0.29, 0.717) is 11.3 Å². The van der Waals surface area contributed by atoms with Crippen LogP contribution in [0.2, 0.25) is 0 Å². The van der Waals surface area contributed by atoms with Gasteiger partial charge in [-0.1, -0.05) is 36.4 Å². The first-order valence-electron chi connectivity index (χ1n) is 7.24. The molecule has 1 fully saturated rings. The Labute approximate surface area is 124 Å². The first kappa shape index (κ1) is 14.5. The van der Waals surface area contributed by atoms with Crippen LogP contribution in [0.5, 0.6) is 0 Å². The van der Waals surface area contributed by atoms with Crippen molar-refractivity contribution in [3.05, 3.63) is 42.5 Å². The Morgan fingerprint density at radius 3 is 2.62 bits per heavy atom. The molecule has 0 aromatic heterocycles. The molecular formula is C16H19NO3S. The summed E-state index contributed by atoms with van der Waals surface area (Å²) < 4.78 is 28.0. The van der Waals surface area contributed by atoms with Crippen molar-refractivity contribution in [2.24, 2.45) is 0 Å². The quantitative estimate of drug-likeness (QED) is 0.915. The Bertz CT molecular complexity index is 737. The van der Waals surface area contributed by atoms with Crippen LogP contribution in [-0.4, -0.2) is 25.7 Å². The lowest BCUT2D eigenvalue weighted by atomic mass is 9.94. The Morgan fingerprint density at radius 1 is 1.05 bits per heavy atom. The molecule has 2 atom stereocenters. The molecule has 0 aliphatic heterocycles. The van der Waals surface area contributed by atoms with Gasteiger partial charge in [0, 0.05) is 11.4 Å². The molecule has 1 aliphatic carbocycles. The average Bonchev–Trinajstić information content (AvgIpc) is 2.46. The molecule has 112 valence electrons. The Kier molecular flexibility index (Phi) is 3.97. The van der Waals surface area contributed by atoms with Crippen LogP contribution in [0.15, 0.2) is 47.4 Å². The van der Waals surface area contributed by atoms with Crippen LogP contribution >= 0.6 is 0 Å². The van der Waals surface area contributed by atoms with Crippen molar-refractivity contribution in [3.63, 3.8) is 0 Å². The lowest BCUT2D eigenvalue weighted by Gasteiger charge is -2.26. The maximum absolute atomic E-state index is 12.6. The maximum Gasteiger partial charge on any atom is 0.241 e. The largest absolute Gasteiger partial charge is 0.393 e. The first-order chi connectivity index (χ1) is 10.1. The number of fused-ring (bicyclic) bond motifs is 1. The molecule has 0 spiro atoms. The van der Waals surface area contributed by atoms with Crippen LogP contribution in [0.25, 0.3) is 10.8 Å². The van der Waals surface area contributed by atoms with Crippen molar-refractivity contribution in [1.29, 1.82) is 0 Å². The van der Waals surface area contributed by atoms with Gasteiger partial charge in [0.1, 0.15) is 0 Å². The van der Waals surface area contributed by atoms with Gasteiger partial charge in [-0.05, 0) is 37.1 Å². The minimum atomic E-state index is -3.57. The topological polar surface area (TPSA) is 66.4 Å². The van der Waals surface area contributed by atoms with Gasteiger partial charge in [0.05, 0.1) is 11.0 Å². The van der Waals surface area contributed by atoms with E-state index in [1.165, 1.54) is 0 Å². The molecule has 2 N–H and O–H groups in total. The fourth-order valence-corrected chi connectivity index (χ4v) is 4.50. The van der Waals surface area contributed by atoms with Gasteiger partial charge in [-0.25, -0.2) is 13.1 Å². The zero-order valence-electron chi connectivity index (χ0n) is 11.7. The van der Waals surface area contributed by atoms with E-state index in [1.807, 2.05) is 30.3 Å². The molecule has 0 saturated heterocycles. The van der Waals surface area contributed by atoms with Crippen molar-refractivity contribution in [2.75, 3.05) is 0 Å². The zero-order valence-corrected chi connectivity index (χ0v) is 12.5. The third-order valence-electron chi connectivity index (χ3n) is 4.01. The summed E-state index contributed by atoms with van der Waals surface area (Å²) in [7, 11) is -3.57. The predicted octanol–water partition coefficient (Wildman–Crippen LogP) is 2.42. The summed E-state index contributed by atoms with van der Waals surface area (Å²) in [6.45, 7) is 0. The van der Waals surface area contributed by atoms with Crippen molar-refractivity contribution in [1.82, 2.24) is 4.72 Å². The molecule has 0 amide bonds. The Balaban J connectivity index is 1.93. The van der Waals surface area contributed by atoms with Gasteiger partial charge in [0.15, 0.2) is 0 Å². The highest BCUT2D eigenvalue weighted by Gasteiger charge is 2.26. The predicted molar refractivity (Wildman–Crippen MR) is 82.5 cm³/mol. The Hall–Kier alpha value is -1.43. The minimum absolute atomic E-state index is 0.183. The number of aliphatic hydroxyl groups excluding tert-OH is 1. The zero-order chi connectivity index (χ0) is 14.9. The van der Waals surface area contributed by atoms with E-state index in [2.05, 4.69) is 4.72 Å². The molecule has 1 aliphatic rings. The maximum atomic E-state index is 12.6. The molecule has 0 radical (unpaired) electrons. The molecule has 5 heteroatoms. The smallest absolute Gasteiger partial charge is 0.241 e. The van der Waals surface area contributed by atoms with E-state index in [0.717, 1.165) is 30.0 Å². The highest BCUT2D eigenvalue weighted by Crippen LogP contribution is 2.25. The third-order valence-corrected chi connectivity index (χ3v) is 5.59. The van der Waals surface area contributed by atoms with Crippen LogP contribution in [0.1, 0.15) is 25.7 Å². The first-order valence-corrected chi connectivity index (χ1v) is 8.73. The van der Waals surface area contributed by atoms with Crippen LogP contribution in [0, 0.1) is 0 Å². The summed E-state index contributed by atoms with van der Waals surface area (Å²) in [6.07, 6.45) is 2.47. The minimum Gasteiger partial charge on any atom is -0.393 e. The highest BCUT2D eigenvalue weighted by atomic mass is 32.2. The number of sulfonamides is 1. The normalized spacial score (nSPS) is 23.3. The summed E-state index contributed by atoms with van der Waals surface area (Å²) >= 11 is 0. The van der Waals surface area contributed by atoms with E-state index in [4.69, 9.17) is 0 Å².